The predicted molar refractivity (Wildman–Crippen MR) is 119 cm³/mol. The summed E-state index contributed by atoms with van der Waals surface area (Å²) in [6, 6.07) is 13.2. The van der Waals surface area contributed by atoms with Crippen molar-refractivity contribution in [2.45, 2.75) is 43.4 Å². The summed E-state index contributed by atoms with van der Waals surface area (Å²) < 4.78 is 33.4. The lowest BCUT2D eigenvalue weighted by Gasteiger charge is -2.55. The SMILES string of the molecule is COc1ccc(NS(=O)(=O)c2cccc(NC(=O)C34CC5CC(CC(C5)C3)C4)c2)cc1. The summed E-state index contributed by atoms with van der Waals surface area (Å²) in [5, 5.41) is 3.04. The van der Waals surface area contributed by atoms with Crippen LogP contribution in [0.5, 0.6) is 5.75 Å². The zero-order chi connectivity index (χ0) is 21.6. The van der Waals surface area contributed by atoms with E-state index in [1.807, 2.05) is 0 Å². The van der Waals surface area contributed by atoms with Gasteiger partial charge in [-0.15, -0.1) is 0 Å². The molecule has 1 amide bonds. The fraction of sp³-hybridized carbons (Fsp3) is 0.458. The molecule has 0 aliphatic heterocycles. The third-order valence-electron chi connectivity index (χ3n) is 7.26. The molecule has 0 aromatic heterocycles. The van der Waals surface area contributed by atoms with Crippen molar-refractivity contribution in [3.8, 4) is 5.75 Å². The second-order valence-electron chi connectivity index (χ2n) is 9.51. The Bertz CT molecular complexity index is 1060. The van der Waals surface area contributed by atoms with Crippen LogP contribution in [0.2, 0.25) is 0 Å². The van der Waals surface area contributed by atoms with Crippen LogP contribution >= 0.6 is 0 Å². The van der Waals surface area contributed by atoms with Crippen molar-refractivity contribution in [1.82, 2.24) is 0 Å². The highest BCUT2D eigenvalue weighted by Crippen LogP contribution is 2.60. The van der Waals surface area contributed by atoms with Crippen LogP contribution in [0.25, 0.3) is 0 Å². The zero-order valence-electron chi connectivity index (χ0n) is 17.6. The van der Waals surface area contributed by atoms with Gasteiger partial charge in [0.15, 0.2) is 0 Å². The van der Waals surface area contributed by atoms with Crippen molar-refractivity contribution < 1.29 is 17.9 Å². The van der Waals surface area contributed by atoms with Gasteiger partial charge < -0.3 is 10.1 Å². The first-order chi connectivity index (χ1) is 14.8. The van der Waals surface area contributed by atoms with E-state index in [0.29, 0.717) is 34.9 Å². The number of hydrogen-bond acceptors (Lipinski definition) is 4. The quantitative estimate of drug-likeness (QED) is 0.685. The van der Waals surface area contributed by atoms with Gasteiger partial charge in [0, 0.05) is 11.4 Å². The van der Waals surface area contributed by atoms with Crippen molar-refractivity contribution in [3.63, 3.8) is 0 Å². The fourth-order valence-corrected chi connectivity index (χ4v) is 7.37. The van der Waals surface area contributed by atoms with E-state index in [4.69, 9.17) is 4.74 Å². The normalized spacial score (nSPS) is 28.9. The summed E-state index contributed by atoms with van der Waals surface area (Å²) in [4.78, 5) is 13.4. The largest absolute Gasteiger partial charge is 0.497 e. The van der Waals surface area contributed by atoms with E-state index >= 15 is 0 Å². The number of methoxy groups -OCH3 is 1. The first-order valence-electron chi connectivity index (χ1n) is 10.9. The van der Waals surface area contributed by atoms with Gasteiger partial charge >= 0.3 is 0 Å². The molecule has 0 saturated heterocycles. The standard InChI is InChI=1S/C24H28N2O4S/c1-30-21-7-5-19(6-8-21)26-31(28,29)22-4-2-3-20(12-22)25-23(27)24-13-16-9-17(14-24)11-18(10-16)15-24/h2-8,12,16-18,26H,9-11,13-15H2,1H3,(H,25,27). The van der Waals surface area contributed by atoms with Gasteiger partial charge in [-0.05, 0) is 98.7 Å². The molecule has 0 heterocycles. The Kier molecular flexibility index (Phi) is 4.96. The third kappa shape index (κ3) is 3.91. The Morgan fingerprint density at radius 2 is 1.55 bits per heavy atom. The van der Waals surface area contributed by atoms with Gasteiger partial charge in [0.1, 0.15) is 5.75 Å². The molecule has 4 fully saturated rings. The maximum absolute atomic E-state index is 13.3. The molecule has 0 atom stereocenters. The third-order valence-corrected chi connectivity index (χ3v) is 8.64. The number of hydrogen-bond donors (Lipinski definition) is 2. The van der Waals surface area contributed by atoms with Crippen LogP contribution in [0.15, 0.2) is 53.4 Å². The summed E-state index contributed by atoms with van der Waals surface area (Å²) in [5.74, 6) is 2.74. The second kappa shape index (κ2) is 7.55. The molecule has 6 rings (SSSR count). The van der Waals surface area contributed by atoms with Crippen LogP contribution < -0.4 is 14.8 Å². The fourth-order valence-electron chi connectivity index (χ4n) is 6.27. The molecular formula is C24H28N2O4S. The summed E-state index contributed by atoms with van der Waals surface area (Å²) in [6.45, 7) is 0. The van der Waals surface area contributed by atoms with Crippen LogP contribution in [-0.2, 0) is 14.8 Å². The van der Waals surface area contributed by atoms with Crippen molar-refractivity contribution in [2.24, 2.45) is 23.2 Å². The van der Waals surface area contributed by atoms with Gasteiger partial charge in [0.25, 0.3) is 10.0 Å². The van der Waals surface area contributed by atoms with E-state index < -0.39 is 10.0 Å². The highest BCUT2D eigenvalue weighted by molar-refractivity contribution is 7.92. The van der Waals surface area contributed by atoms with Crippen molar-refractivity contribution in [3.05, 3.63) is 48.5 Å². The molecule has 0 radical (unpaired) electrons. The Balaban J connectivity index is 1.32. The molecule has 2 aromatic carbocycles. The van der Waals surface area contributed by atoms with Crippen LogP contribution in [0.4, 0.5) is 11.4 Å². The summed E-state index contributed by atoms with van der Waals surface area (Å²) in [6.07, 6.45) is 6.75. The average molecular weight is 441 g/mol. The molecule has 6 nitrogen and oxygen atoms in total. The highest BCUT2D eigenvalue weighted by Gasteiger charge is 2.54. The van der Waals surface area contributed by atoms with E-state index in [2.05, 4.69) is 10.0 Å². The molecule has 4 bridgehead atoms. The number of rotatable bonds is 6. The lowest BCUT2D eigenvalue weighted by Crippen LogP contribution is -2.51. The van der Waals surface area contributed by atoms with Gasteiger partial charge in [-0.25, -0.2) is 8.42 Å². The van der Waals surface area contributed by atoms with Crippen LogP contribution in [0.1, 0.15) is 38.5 Å². The number of amides is 1. The number of nitrogens with one attached hydrogen (secondary N) is 2. The maximum Gasteiger partial charge on any atom is 0.261 e. The molecular weight excluding hydrogens is 412 g/mol. The minimum absolute atomic E-state index is 0.0595. The Hall–Kier alpha value is -2.54. The summed E-state index contributed by atoms with van der Waals surface area (Å²) in [7, 11) is -2.22. The summed E-state index contributed by atoms with van der Waals surface area (Å²) >= 11 is 0. The zero-order valence-corrected chi connectivity index (χ0v) is 18.5. The average Bonchev–Trinajstić information content (AvgIpc) is 2.73. The minimum atomic E-state index is -3.78. The van der Waals surface area contributed by atoms with Gasteiger partial charge in [0.2, 0.25) is 5.91 Å². The van der Waals surface area contributed by atoms with Crippen molar-refractivity contribution in [1.29, 1.82) is 0 Å². The van der Waals surface area contributed by atoms with Crippen LogP contribution in [-0.4, -0.2) is 21.4 Å². The lowest BCUT2D eigenvalue weighted by atomic mass is 9.49. The lowest BCUT2D eigenvalue weighted by molar-refractivity contribution is -0.140. The van der Waals surface area contributed by atoms with E-state index in [1.54, 1.807) is 43.5 Å². The van der Waals surface area contributed by atoms with Crippen molar-refractivity contribution >= 4 is 27.3 Å². The molecule has 2 N–H and O–H groups in total. The van der Waals surface area contributed by atoms with E-state index in [9.17, 15) is 13.2 Å². The Morgan fingerprint density at radius 3 is 2.13 bits per heavy atom. The smallest absolute Gasteiger partial charge is 0.261 e. The van der Waals surface area contributed by atoms with E-state index in [-0.39, 0.29) is 16.2 Å². The van der Waals surface area contributed by atoms with Crippen LogP contribution in [0.3, 0.4) is 0 Å². The highest BCUT2D eigenvalue weighted by atomic mass is 32.2. The van der Waals surface area contributed by atoms with Crippen molar-refractivity contribution in [2.75, 3.05) is 17.1 Å². The number of sulfonamides is 1. The van der Waals surface area contributed by atoms with Gasteiger partial charge in [-0.1, -0.05) is 6.07 Å². The van der Waals surface area contributed by atoms with Gasteiger partial charge in [-0.3, -0.25) is 9.52 Å². The first-order valence-corrected chi connectivity index (χ1v) is 12.4. The molecule has 0 spiro atoms. The van der Waals surface area contributed by atoms with Gasteiger partial charge in [0.05, 0.1) is 17.4 Å². The number of carbonyl (C=O) groups is 1. The number of benzene rings is 2. The molecule has 4 aliphatic carbocycles. The molecule has 0 unspecified atom stereocenters. The minimum Gasteiger partial charge on any atom is -0.497 e. The molecule has 4 saturated carbocycles. The maximum atomic E-state index is 13.3. The van der Waals surface area contributed by atoms with E-state index in [0.717, 1.165) is 19.3 Å². The molecule has 2 aromatic rings. The first kappa shape index (κ1) is 20.4. The topological polar surface area (TPSA) is 84.5 Å². The number of carbonyl (C=O) groups excluding carboxylic acids is 1. The molecule has 31 heavy (non-hydrogen) atoms. The number of anilines is 2. The molecule has 4 aliphatic rings. The predicted octanol–water partition coefficient (Wildman–Crippen LogP) is 4.65. The van der Waals surface area contributed by atoms with Gasteiger partial charge in [-0.2, -0.15) is 0 Å². The Labute approximate surface area is 183 Å². The van der Waals surface area contributed by atoms with E-state index in [1.165, 1.54) is 31.4 Å². The second-order valence-corrected chi connectivity index (χ2v) is 11.2. The monoisotopic (exact) mass is 440 g/mol. The molecule has 7 heteroatoms. The Morgan fingerprint density at radius 1 is 0.935 bits per heavy atom. The number of ether oxygens (including phenoxy) is 1. The van der Waals surface area contributed by atoms with Crippen LogP contribution in [0, 0.1) is 23.2 Å². The molecule has 164 valence electrons. The summed E-state index contributed by atoms with van der Waals surface area (Å²) in [5.41, 5.74) is 0.701.